The molecule has 0 saturated carbocycles. The summed E-state index contributed by atoms with van der Waals surface area (Å²) < 4.78 is 0.976. The topological polar surface area (TPSA) is 83.0 Å². The van der Waals surface area contributed by atoms with Crippen molar-refractivity contribution in [3.63, 3.8) is 0 Å². The fraction of sp³-hybridized carbons (Fsp3) is 0.357. The van der Waals surface area contributed by atoms with Crippen molar-refractivity contribution in [3.8, 4) is 6.07 Å². The van der Waals surface area contributed by atoms with E-state index in [2.05, 4.69) is 4.98 Å². The van der Waals surface area contributed by atoms with E-state index in [0.717, 1.165) is 21.5 Å². The molecule has 0 aromatic carbocycles. The lowest BCUT2D eigenvalue weighted by molar-refractivity contribution is 0.0804. The predicted molar refractivity (Wildman–Crippen MR) is 80.7 cm³/mol. The van der Waals surface area contributed by atoms with Gasteiger partial charge in [0.05, 0.1) is 18.2 Å². The second kappa shape index (κ2) is 5.47. The molecule has 2 heterocycles. The van der Waals surface area contributed by atoms with Gasteiger partial charge in [0, 0.05) is 35.1 Å². The van der Waals surface area contributed by atoms with Crippen molar-refractivity contribution >= 4 is 33.0 Å². The zero-order valence-electron chi connectivity index (χ0n) is 11.7. The third kappa shape index (κ3) is 2.45. The Morgan fingerprint density at radius 3 is 2.90 bits per heavy atom. The first-order valence-corrected chi connectivity index (χ1v) is 7.06. The van der Waals surface area contributed by atoms with Crippen LogP contribution in [0.2, 0.25) is 0 Å². The molecule has 0 bridgehead atoms. The van der Waals surface area contributed by atoms with Gasteiger partial charge in [-0.15, -0.1) is 11.3 Å². The summed E-state index contributed by atoms with van der Waals surface area (Å²) >= 11 is 1.38. The van der Waals surface area contributed by atoms with Crippen LogP contribution in [0, 0.1) is 25.2 Å². The summed E-state index contributed by atoms with van der Waals surface area (Å²) in [6.45, 7) is 4.22. The maximum Gasteiger partial charge on any atom is 0.265 e. The minimum Gasteiger partial charge on any atom is -0.397 e. The number of amides is 1. The van der Waals surface area contributed by atoms with Gasteiger partial charge < -0.3 is 10.6 Å². The lowest BCUT2D eigenvalue weighted by Gasteiger charge is -2.14. The average molecular weight is 288 g/mol. The Morgan fingerprint density at radius 1 is 1.55 bits per heavy atom. The number of aryl methyl sites for hydroxylation is 2. The fourth-order valence-corrected chi connectivity index (χ4v) is 3.40. The smallest absolute Gasteiger partial charge is 0.265 e. The molecule has 2 rings (SSSR count). The number of anilines is 1. The van der Waals surface area contributed by atoms with Crippen molar-refractivity contribution in [1.82, 2.24) is 9.88 Å². The van der Waals surface area contributed by atoms with E-state index in [-0.39, 0.29) is 5.91 Å². The number of nitrogen functional groups attached to an aromatic ring is 1. The van der Waals surface area contributed by atoms with Gasteiger partial charge in [-0.2, -0.15) is 5.26 Å². The van der Waals surface area contributed by atoms with Gasteiger partial charge in [0.25, 0.3) is 5.91 Å². The number of aromatic nitrogens is 1. The number of hydrogen-bond donors (Lipinski definition) is 1. The number of pyridine rings is 1. The Labute approximate surface area is 121 Å². The van der Waals surface area contributed by atoms with Crippen LogP contribution in [-0.2, 0) is 0 Å². The highest BCUT2D eigenvalue weighted by Crippen LogP contribution is 2.36. The van der Waals surface area contributed by atoms with E-state index >= 15 is 0 Å². The molecule has 0 spiro atoms. The maximum absolute atomic E-state index is 12.4. The third-order valence-electron chi connectivity index (χ3n) is 3.12. The maximum atomic E-state index is 12.4. The molecule has 0 fully saturated rings. The summed E-state index contributed by atoms with van der Waals surface area (Å²) in [7, 11) is 1.68. The zero-order chi connectivity index (χ0) is 14.9. The molecule has 5 nitrogen and oxygen atoms in total. The van der Waals surface area contributed by atoms with E-state index in [1.807, 2.05) is 26.0 Å². The number of carbonyl (C=O) groups is 1. The normalized spacial score (nSPS) is 10.5. The summed E-state index contributed by atoms with van der Waals surface area (Å²) in [6.07, 6.45) is 0.312. The van der Waals surface area contributed by atoms with Crippen LogP contribution < -0.4 is 5.73 Å². The average Bonchev–Trinajstić information content (AvgIpc) is 2.72. The quantitative estimate of drug-likeness (QED) is 0.940. The highest BCUT2D eigenvalue weighted by atomic mass is 32.1. The van der Waals surface area contributed by atoms with Crippen molar-refractivity contribution in [2.24, 2.45) is 0 Å². The molecule has 2 N–H and O–H groups in total. The highest BCUT2D eigenvalue weighted by Gasteiger charge is 2.21. The SMILES string of the molecule is Cc1cc2sc(C(=O)N(C)CCC#N)c(N)c2c(C)n1. The van der Waals surface area contributed by atoms with Gasteiger partial charge in [-0.25, -0.2) is 0 Å². The highest BCUT2D eigenvalue weighted by molar-refractivity contribution is 7.21. The lowest BCUT2D eigenvalue weighted by Crippen LogP contribution is -2.27. The standard InChI is InChI=1S/C14H16N4OS/c1-8-7-10-11(9(2)17-8)12(16)13(20-10)14(19)18(3)6-4-5-15/h7H,4,6,16H2,1-3H3. The first kappa shape index (κ1) is 14.3. The zero-order valence-corrected chi connectivity index (χ0v) is 12.5. The second-order valence-electron chi connectivity index (χ2n) is 4.70. The van der Waals surface area contributed by atoms with Crippen LogP contribution in [0.25, 0.3) is 10.1 Å². The first-order valence-electron chi connectivity index (χ1n) is 6.24. The number of thiophene rings is 1. The molecule has 0 aliphatic heterocycles. The number of carbonyl (C=O) groups excluding carboxylic acids is 1. The summed E-state index contributed by atoms with van der Waals surface area (Å²) in [4.78, 5) is 18.8. The number of rotatable bonds is 3. The molecule has 0 aliphatic carbocycles. The number of nitriles is 1. The molecule has 1 amide bonds. The van der Waals surface area contributed by atoms with Crippen LogP contribution in [0.3, 0.4) is 0 Å². The summed E-state index contributed by atoms with van der Waals surface area (Å²) in [6, 6.07) is 3.97. The first-order chi connectivity index (χ1) is 9.45. The number of hydrogen-bond acceptors (Lipinski definition) is 5. The Kier molecular flexibility index (Phi) is 3.91. The van der Waals surface area contributed by atoms with Crippen LogP contribution in [0.1, 0.15) is 27.5 Å². The molecule has 0 atom stereocenters. The van der Waals surface area contributed by atoms with Crippen LogP contribution in [0.4, 0.5) is 5.69 Å². The number of fused-ring (bicyclic) bond motifs is 1. The minimum atomic E-state index is -0.143. The Hall–Kier alpha value is -2.13. The molecule has 0 aliphatic rings. The molecule has 104 valence electrons. The van der Waals surface area contributed by atoms with Crippen LogP contribution in [0.15, 0.2) is 6.07 Å². The molecule has 0 saturated heterocycles. The van der Waals surface area contributed by atoms with Gasteiger partial charge in [0.15, 0.2) is 0 Å². The molecule has 2 aromatic heterocycles. The molecular weight excluding hydrogens is 272 g/mol. The van der Waals surface area contributed by atoms with E-state index in [9.17, 15) is 4.79 Å². The Balaban J connectivity index is 2.46. The molecule has 0 radical (unpaired) electrons. The molecular formula is C14H16N4OS. The summed E-state index contributed by atoms with van der Waals surface area (Å²) in [5.74, 6) is -0.143. The van der Waals surface area contributed by atoms with Gasteiger partial charge in [-0.1, -0.05) is 0 Å². The van der Waals surface area contributed by atoms with E-state index in [4.69, 9.17) is 11.0 Å². The van der Waals surface area contributed by atoms with Gasteiger partial charge in [-0.3, -0.25) is 9.78 Å². The van der Waals surface area contributed by atoms with Crippen molar-refractivity contribution in [1.29, 1.82) is 5.26 Å². The van der Waals surface area contributed by atoms with E-state index in [1.165, 1.54) is 16.2 Å². The minimum absolute atomic E-state index is 0.143. The number of nitrogens with two attached hydrogens (primary N) is 1. The van der Waals surface area contributed by atoms with Gasteiger partial charge in [-0.05, 0) is 19.9 Å². The van der Waals surface area contributed by atoms with Crippen molar-refractivity contribution in [2.75, 3.05) is 19.3 Å². The van der Waals surface area contributed by atoms with E-state index in [1.54, 1.807) is 7.05 Å². The van der Waals surface area contributed by atoms with Crippen LogP contribution >= 0.6 is 11.3 Å². The van der Waals surface area contributed by atoms with Gasteiger partial charge in [0.1, 0.15) is 4.88 Å². The monoisotopic (exact) mass is 288 g/mol. The molecule has 0 unspecified atom stereocenters. The van der Waals surface area contributed by atoms with Gasteiger partial charge >= 0.3 is 0 Å². The molecule has 2 aromatic rings. The van der Waals surface area contributed by atoms with Crippen molar-refractivity contribution in [2.45, 2.75) is 20.3 Å². The van der Waals surface area contributed by atoms with Crippen LogP contribution in [-0.4, -0.2) is 29.4 Å². The van der Waals surface area contributed by atoms with Crippen molar-refractivity contribution < 1.29 is 4.79 Å². The van der Waals surface area contributed by atoms with Crippen molar-refractivity contribution in [3.05, 3.63) is 22.3 Å². The van der Waals surface area contributed by atoms with Crippen LogP contribution in [0.5, 0.6) is 0 Å². The van der Waals surface area contributed by atoms with E-state index in [0.29, 0.717) is 23.5 Å². The second-order valence-corrected chi connectivity index (χ2v) is 5.75. The summed E-state index contributed by atoms with van der Waals surface area (Å²) in [5.41, 5.74) is 8.36. The largest absolute Gasteiger partial charge is 0.397 e. The fourth-order valence-electron chi connectivity index (χ4n) is 2.13. The Morgan fingerprint density at radius 2 is 2.25 bits per heavy atom. The summed E-state index contributed by atoms with van der Waals surface area (Å²) in [5, 5.41) is 9.44. The molecule has 6 heteroatoms. The predicted octanol–water partition coefficient (Wildman–Crippen LogP) is 2.48. The Bertz CT molecular complexity index is 714. The lowest BCUT2D eigenvalue weighted by atomic mass is 10.2. The molecule has 20 heavy (non-hydrogen) atoms. The third-order valence-corrected chi connectivity index (χ3v) is 4.26. The number of nitrogens with zero attached hydrogens (tertiary/aromatic N) is 3. The van der Waals surface area contributed by atoms with E-state index < -0.39 is 0 Å². The van der Waals surface area contributed by atoms with Gasteiger partial charge in [0.2, 0.25) is 0 Å².